The molecule has 0 saturated heterocycles. The van der Waals surface area contributed by atoms with Crippen LogP contribution in [-0.4, -0.2) is 19.9 Å². The van der Waals surface area contributed by atoms with Crippen LogP contribution < -0.4 is 0 Å². The molecule has 0 radical (unpaired) electrons. The van der Waals surface area contributed by atoms with Gasteiger partial charge in [0.05, 0.1) is 17.1 Å². The first-order chi connectivity index (χ1) is 30.2. The van der Waals surface area contributed by atoms with Crippen LogP contribution in [0.2, 0.25) is 5.15 Å². The van der Waals surface area contributed by atoms with Crippen molar-refractivity contribution in [3.63, 3.8) is 0 Å². The lowest BCUT2D eigenvalue weighted by Gasteiger charge is -2.17. The van der Waals surface area contributed by atoms with Gasteiger partial charge in [0.25, 0.3) is 0 Å². The molecule has 0 N–H and O–H groups in total. The SMILES string of the molecule is Clc1nc(-c2ccc(-c3ccccc3)cc2)nc(-c2cccc(-c3nc(-c4ccccc4)c(-c4ccccc4)c(-c4ccccc4)n3)c2)c1-c1ccc(-c2ccccc2)cc1. The molecule has 0 fully saturated rings. The molecular formula is C56H37ClN4. The van der Waals surface area contributed by atoms with Gasteiger partial charge in [-0.2, -0.15) is 0 Å². The molecule has 0 spiro atoms. The summed E-state index contributed by atoms with van der Waals surface area (Å²) >= 11 is 7.29. The van der Waals surface area contributed by atoms with Crippen molar-refractivity contribution in [2.45, 2.75) is 0 Å². The van der Waals surface area contributed by atoms with Crippen LogP contribution in [0.15, 0.2) is 224 Å². The average Bonchev–Trinajstić information content (AvgIpc) is 3.35. The average molecular weight is 801 g/mol. The van der Waals surface area contributed by atoms with Gasteiger partial charge in [0.15, 0.2) is 11.6 Å². The Kier molecular flexibility index (Phi) is 10.3. The summed E-state index contributed by atoms with van der Waals surface area (Å²) in [5, 5.41) is 0.367. The minimum Gasteiger partial charge on any atom is -0.227 e. The van der Waals surface area contributed by atoms with E-state index in [2.05, 4.69) is 152 Å². The summed E-state index contributed by atoms with van der Waals surface area (Å²) < 4.78 is 0. The third-order valence-corrected chi connectivity index (χ3v) is 11.1. The van der Waals surface area contributed by atoms with E-state index in [4.69, 9.17) is 31.5 Å². The first-order valence-corrected chi connectivity index (χ1v) is 20.6. The molecule has 0 saturated carbocycles. The Bertz CT molecular complexity index is 3030. The number of hydrogen-bond acceptors (Lipinski definition) is 4. The summed E-state index contributed by atoms with van der Waals surface area (Å²) in [7, 11) is 0. The smallest absolute Gasteiger partial charge is 0.161 e. The van der Waals surface area contributed by atoms with E-state index in [-0.39, 0.29) is 0 Å². The highest BCUT2D eigenvalue weighted by Crippen LogP contribution is 2.42. The van der Waals surface area contributed by atoms with Crippen molar-refractivity contribution in [1.29, 1.82) is 0 Å². The van der Waals surface area contributed by atoms with Gasteiger partial charge in [-0.3, -0.25) is 0 Å². The second-order valence-corrected chi connectivity index (χ2v) is 15.1. The zero-order chi connectivity index (χ0) is 41.0. The molecule has 0 atom stereocenters. The first-order valence-electron chi connectivity index (χ1n) is 20.2. The van der Waals surface area contributed by atoms with Crippen molar-refractivity contribution >= 4 is 11.6 Å². The molecule has 0 aliphatic heterocycles. The molecule has 0 aliphatic rings. The molecule has 2 heterocycles. The van der Waals surface area contributed by atoms with Crippen LogP contribution >= 0.6 is 11.6 Å². The van der Waals surface area contributed by atoms with Crippen molar-refractivity contribution in [3.8, 4) is 101 Å². The number of aromatic nitrogens is 4. The maximum Gasteiger partial charge on any atom is 0.161 e. The van der Waals surface area contributed by atoms with Gasteiger partial charge in [-0.05, 0) is 39.4 Å². The molecule has 288 valence electrons. The first kappa shape index (κ1) is 37.5. The maximum absolute atomic E-state index is 7.29. The summed E-state index contributed by atoms with van der Waals surface area (Å²) in [5.41, 5.74) is 15.2. The van der Waals surface area contributed by atoms with Crippen molar-refractivity contribution in [1.82, 2.24) is 19.9 Å². The van der Waals surface area contributed by atoms with E-state index in [9.17, 15) is 0 Å². The van der Waals surface area contributed by atoms with E-state index in [1.54, 1.807) is 0 Å². The van der Waals surface area contributed by atoms with E-state index in [1.807, 2.05) is 72.8 Å². The molecule has 2 aromatic heterocycles. The summed E-state index contributed by atoms with van der Waals surface area (Å²) in [6.07, 6.45) is 0. The summed E-state index contributed by atoms with van der Waals surface area (Å²) in [4.78, 5) is 21.0. The molecule has 0 aliphatic carbocycles. The predicted octanol–water partition coefficient (Wildman–Crippen LogP) is 14.9. The summed E-state index contributed by atoms with van der Waals surface area (Å²) in [6.45, 7) is 0. The fourth-order valence-corrected chi connectivity index (χ4v) is 8.09. The lowest BCUT2D eigenvalue weighted by molar-refractivity contribution is 1.17. The van der Waals surface area contributed by atoms with Gasteiger partial charge in [-0.15, -0.1) is 0 Å². The van der Waals surface area contributed by atoms with Crippen LogP contribution in [0.5, 0.6) is 0 Å². The van der Waals surface area contributed by atoms with Crippen molar-refractivity contribution in [3.05, 3.63) is 230 Å². The second-order valence-electron chi connectivity index (χ2n) is 14.7. The fourth-order valence-electron chi connectivity index (χ4n) is 7.81. The fraction of sp³-hybridized carbons (Fsp3) is 0. The predicted molar refractivity (Wildman–Crippen MR) is 252 cm³/mol. The third kappa shape index (κ3) is 7.76. The molecule has 0 unspecified atom stereocenters. The molecule has 0 amide bonds. The van der Waals surface area contributed by atoms with Crippen molar-refractivity contribution in [2.75, 3.05) is 0 Å². The van der Waals surface area contributed by atoms with Crippen LogP contribution in [-0.2, 0) is 0 Å². The summed E-state index contributed by atoms with van der Waals surface area (Å²) in [6, 6.07) is 76.8. The molecule has 0 bridgehead atoms. The number of halogens is 1. The molecular weight excluding hydrogens is 764 g/mol. The Morgan fingerprint density at radius 3 is 1.02 bits per heavy atom. The summed E-state index contributed by atoms with van der Waals surface area (Å²) in [5.74, 6) is 1.14. The van der Waals surface area contributed by atoms with E-state index >= 15 is 0 Å². The van der Waals surface area contributed by atoms with Gasteiger partial charge < -0.3 is 0 Å². The van der Waals surface area contributed by atoms with Gasteiger partial charge in [-0.1, -0.05) is 230 Å². The quantitative estimate of drug-likeness (QED) is 0.136. The Hall–Kier alpha value is -7.79. The molecule has 10 aromatic rings. The lowest BCUT2D eigenvalue weighted by atomic mass is 9.93. The third-order valence-electron chi connectivity index (χ3n) is 10.9. The van der Waals surface area contributed by atoms with Gasteiger partial charge >= 0.3 is 0 Å². The van der Waals surface area contributed by atoms with Crippen LogP contribution in [0, 0.1) is 0 Å². The van der Waals surface area contributed by atoms with E-state index in [1.165, 1.54) is 0 Å². The van der Waals surface area contributed by atoms with Crippen LogP contribution in [0.1, 0.15) is 0 Å². The van der Waals surface area contributed by atoms with E-state index < -0.39 is 0 Å². The monoisotopic (exact) mass is 800 g/mol. The van der Waals surface area contributed by atoms with Crippen molar-refractivity contribution < 1.29 is 0 Å². The van der Waals surface area contributed by atoms with Crippen LogP contribution in [0.3, 0.4) is 0 Å². The van der Waals surface area contributed by atoms with Crippen LogP contribution in [0.25, 0.3) is 101 Å². The highest BCUT2D eigenvalue weighted by Gasteiger charge is 2.22. The number of benzene rings is 8. The number of hydrogen-bond donors (Lipinski definition) is 0. The zero-order valence-electron chi connectivity index (χ0n) is 33.0. The minimum absolute atomic E-state index is 0.367. The molecule has 10 rings (SSSR count). The van der Waals surface area contributed by atoms with Gasteiger partial charge in [0.1, 0.15) is 5.15 Å². The normalized spacial score (nSPS) is 11.0. The molecule has 61 heavy (non-hydrogen) atoms. The highest BCUT2D eigenvalue weighted by atomic mass is 35.5. The molecule has 5 heteroatoms. The number of nitrogens with zero attached hydrogens (tertiary/aromatic N) is 4. The molecule has 4 nitrogen and oxygen atoms in total. The van der Waals surface area contributed by atoms with Gasteiger partial charge in [-0.25, -0.2) is 19.9 Å². The Labute approximate surface area is 360 Å². The Balaban J connectivity index is 1.15. The van der Waals surface area contributed by atoms with Crippen LogP contribution in [0.4, 0.5) is 0 Å². The largest absolute Gasteiger partial charge is 0.227 e. The zero-order valence-corrected chi connectivity index (χ0v) is 33.8. The van der Waals surface area contributed by atoms with E-state index in [0.29, 0.717) is 22.5 Å². The highest BCUT2D eigenvalue weighted by molar-refractivity contribution is 6.33. The van der Waals surface area contributed by atoms with Gasteiger partial charge in [0.2, 0.25) is 0 Å². The Morgan fingerprint density at radius 2 is 0.541 bits per heavy atom. The van der Waals surface area contributed by atoms with Crippen molar-refractivity contribution in [2.24, 2.45) is 0 Å². The van der Waals surface area contributed by atoms with Gasteiger partial charge in [0, 0.05) is 38.9 Å². The minimum atomic E-state index is 0.367. The molecule has 8 aromatic carbocycles. The second kappa shape index (κ2) is 16.8. The lowest BCUT2D eigenvalue weighted by Crippen LogP contribution is -2.01. The Morgan fingerprint density at radius 1 is 0.230 bits per heavy atom. The topological polar surface area (TPSA) is 51.6 Å². The number of rotatable bonds is 9. The van der Waals surface area contributed by atoms with E-state index in [0.717, 1.165) is 83.7 Å². The standard InChI is InChI=1S/C56H37ClN4/c57-54-50(43-33-29-40(30-34-43)38-17-6-1-7-18-38)53(60-55(61-54)46-35-31-41(32-36-46)39-19-8-2-9-20-39)47-27-16-28-48(37-47)56-58-51(44-23-12-4-13-24-44)49(42-21-10-3-11-22-42)52(59-56)45-25-14-5-15-26-45/h1-37H. The maximum atomic E-state index is 7.29.